The van der Waals surface area contributed by atoms with Crippen molar-refractivity contribution in [2.45, 2.75) is 6.42 Å². The molecule has 2 aromatic rings. The van der Waals surface area contributed by atoms with Gasteiger partial charge in [-0.05, 0) is 30.2 Å². The average Bonchev–Trinajstić information content (AvgIpc) is 2.42. The molecule has 2 aromatic carbocycles. The number of hydrogen-bond acceptors (Lipinski definition) is 2. The van der Waals surface area contributed by atoms with Crippen molar-refractivity contribution in [2.24, 2.45) is 0 Å². The highest BCUT2D eigenvalue weighted by Gasteiger charge is 2.01. The highest BCUT2D eigenvalue weighted by atomic mass is 16.5. The maximum absolute atomic E-state index is 9.74. The molecule has 0 radical (unpaired) electrons. The van der Waals surface area contributed by atoms with Crippen LogP contribution in [0.25, 0.3) is 6.08 Å². The predicted molar refractivity (Wildman–Crippen MR) is 73.8 cm³/mol. The van der Waals surface area contributed by atoms with Crippen molar-refractivity contribution in [3.63, 3.8) is 0 Å². The molecule has 1 N–H and O–H groups in total. The first kappa shape index (κ1) is 12.2. The number of benzene rings is 2. The van der Waals surface area contributed by atoms with Crippen molar-refractivity contribution < 1.29 is 9.84 Å². The lowest BCUT2D eigenvalue weighted by Crippen LogP contribution is -1.87. The first-order valence-corrected chi connectivity index (χ1v) is 5.87. The molecule has 0 spiro atoms. The number of rotatable bonds is 4. The van der Waals surface area contributed by atoms with Crippen molar-refractivity contribution >= 4 is 6.08 Å². The summed E-state index contributed by atoms with van der Waals surface area (Å²) in [7, 11) is 1.62. The van der Waals surface area contributed by atoms with Gasteiger partial charge in [-0.1, -0.05) is 42.5 Å². The standard InChI is InChI=1S/C16H16O2/c1-18-15-10-11-16(17)14(12-15)9-5-8-13-6-3-2-4-7-13/h2-8,10-12,17H,9H2,1H3. The summed E-state index contributed by atoms with van der Waals surface area (Å²) >= 11 is 0. The summed E-state index contributed by atoms with van der Waals surface area (Å²) < 4.78 is 5.14. The second-order valence-electron chi connectivity index (χ2n) is 4.01. The molecule has 0 heterocycles. The van der Waals surface area contributed by atoms with Crippen molar-refractivity contribution in [3.8, 4) is 11.5 Å². The van der Waals surface area contributed by atoms with Crippen molar-refractivity contribution in [1.82, 2.24) is 0 Å². The summed E-state index contributed by atoms with van der Waals surface area (Å²) in [4.78, 5) is 0. The third-order valence-electron chi connectivity index (χ3n) is 2.73. The quantitative estimate of drug-likeness (QED) is 0.883. The van der Waals surface area contributed by atoms with Gasteiger partial charge in [-0.2, -0.15) is 0 Å². The van der Waals surface area contributed by atoms with E-state index in [0.717, 1.165) is 16.9 Å². The first-order chi connectivity index (χ1) is 8.79. The molecule has 2 nitrogen and oxygen atoms in total. The minimum absolute atomic E-state index is 0.300. The smallest absolute Gasteiger partial charge is 0.119 e. The zero-order chi connectivity index (χ0) is 12.8. The number of hydrogen-bond donors (Lipinski definition) is 1. The van der Waals surface area contributed by atoms with Crippen LogP contribution in [0.4, 0.5) is 0 Å². The summed E-state index contributed by atoms with van der Waals surface area (Å²) in [5.41, 5.74) is 2.02. The van der Waals surface area contributed by atoms with Gasteiger partial charge in [0.1, 0.15) is 11.5 Å². The molecule has 0 aromatic heterocycles. The summed E-state index contributed by atoms with van der Waals surface area (Å²) in [6.07, 6.45) is 4.75. The maximum Gasteiger partial charge on any atom is 0.119 e. The molecule has 18 heavy (non-hydrogen) atoms. The molecule has 0 unspecified atom stereocenters. The second kappa shape index (κ2) is 5.92. The first-order valence-electron chi connectivity index (χ1n) is 5.87. The molecule has 0 saturated heterocycles. The summed E-state index contributed by atoms with van der Waals surface area (Å²) in [5.74, 6) is 1.06. The summed E-state index contributed by atoms with van der Waals surface area (Å²) in [5, 5.41) is 9.74. The zero-order valence-corrected chi connectivity index (χ0v) is 10.3. The Morgan fingerprint density at radius 2 is 1.89 bits per heavy atom. The average molecular weight is 240 g/mol. The number of allylic oxidation sites excluding steroid dienone is 1. The van der Waals surface area contributed by atoms with E-state index >= 15 is 0 Å². The van der Waals surface area contributed by atoms with Crippen LogP contribution in [0, 0.1) is 0 Å². The Balaban J connectivity index is 2.08. The van der Waals surface area contributed by atoms with Gasteiger partial charge in [-0.15, -0.1) is 0 Å². The van der Waals surface area contributed by atoms with E-state index in [-0.39, 0.29) is 0 Å². The van der Waals surface area contributed by atoms with Gasteiger partial charge in [0.2, 0.25) is 0 Å². The Hall–Kier alpha value is -2.22. The van der Waals surface area contributed by atoms with Gasteiger partial charge in [0.05, 0.1) is 7.11 Å². The molecule has 0 aliphatic rings. The second-order valence-corrected chi connectivity index (χ2v) is 4.01. The van der Waals surface area contributed by atoms with Crippen molar-refractivity contribution in [3.05, 3.63) is 65.7 Å². The number of aromatic hydroxyl groups is 1. The fourth-order valence-electron chi connectivity index (χ4n) is 1.74. The zero-order valence-electron chi connectivity index (χ0n) is 10.3. The summed E-state index contributed by atoms with van der Waals surface area (Å²) in [6, 6.07) is 15.3. The fourth-order valence-corrected chi connectivity index (χ4v) is 1.74. The molecule has 0 bridgehead atoms. The van der Waals surface area contributed by atoms with Crippen molar-refractivity contribution in [1.29, 1.82) is 0 Å². The van der Waals surface area contributed by atoms with Crippen LogP contribution in [0.1, 0.15) is 11.1 Å². The number of ether oxygens (including phenoxy) is 1. The van der Waals surface area contributed by atoms with Crippen LogP contribution < -0.4 is 4.74 Å². The lowest BCUT2D eigenvalue weighted by molar-refractivity contribution is 0.411. The Morgan fingerprint density at radius 1 is 1.11 bits per heavy atom. The van der Waals surface area contributed by atoms with Gasteiger partial charge < -0.3 is 9.84 Å². The van der Waals surface area contributed by atoms with E-state index in [2.05, 4.69) is 0 Å². The van der Waals surface area contributed by atoms with Gasteiger partial charge >= 0.3 is 0 Å². The molecule has 0 amide bonds. The third-order valence-corrected chi connectivity index (χ3v) is 2.73. The molecule has 0 atom stereocenters. The SMILES string of the molecule is COc1ccc(O)c(CC=Cc2ccccc2)c1. The largest absolute Gasteiger partial charge is 0.508 e. The minimum Gasteiger partial charge on any atom is -0.508 e. The van der Waals surface area contributed by atoms with E-state index in [1.54, 1.807) is 19.2 Å². The molecule has 0 saturated carbocycles. The highest BCUT2D eigenvalue weighted by Crippen LogP contribution is 2.23. The van der Waals surface area contributed by atoms with Gasteiger partial charge in [0.25, 0.3) is 0 Å². The van der Waals surface area contributed by atoms with E-state index in [1.165, 1.54) is 0 Å². The van der Waals surface area contributed by atoms with Crippen LogP contribution in [-0.2, 0) is 6.42 Å². The van der Waals surface area contributed by atoms with E-state index in [1.807, 2.05) is 48.6 Å². The molecule has 0 fully saturated rings. The molecular formula is C16H16O2. The lowest BCUT2D eigenvalue weighted by Gasteiger charge is -2.04. The highest BCUT2D eigenvalue weighted by molar-refractivity contribution is 5.50. The Morgan fingerprint density at radius 3 is 2.61 bits per heavy atom. The molecule has 0 aliphatic heterocycles. The molecule has 92 valence electrons. The van der Waals surface area contributed by atoms with E-state index < -0.39 is 0 Å². The van der Waals surface area contributed by atoms with Gasteiger partial charge in [0, 0.05) is 5.56 Å². The summed E-state index contributed by atoms with van der Waals surface area (Å²) in [6.45, 7) is 0. The van der Waals surface area contributed by atoms with Crippen LogP contribution in [0.5, 0.6) is 11.5 Å². The molecule has 2 heteroatoms. The Kier molecular flexibility index (Phi) is 4.02. The number of phenols is 1. The maximum atomic E-state index is 9.74. The topological polar surface area (TPSA) is 29.5 Å². The van der Waals surface area contributed by atoms with E-state index in [4.69, 9.17) is 4.74 Å². The predicted octanol–water partition coefficient (Wildman–Crippen LogP) is 3.66. The van der Waals surface area contributed by atoms with Crippen LogP contribution in [0.15, 0.2) is 54.6 Å². The van der Waals surface area contributed by atoms with E-state index in [0.29, 0.717) is 12.2 Å². The normalized spacial score (nSPS) is 10.7. The Bertz CT molecular complexity index is 530. The number of phenolic OH excluding ortho intramolecular Hbond substituents is 1. The fraction of sp³-hybridized carbons (Fsp3) is 0.125. The van der Waals surface area contributed by atoms with Gasteiger partial charge in [-0.25, -0.2) is 0 Å². The van der Waals surface area contributed by atoms with Crippen LogP contribution in [-0.4, -0.2) is 12.2 Å². The third kappa shape index (κ3) is 3.14. The van der Waals surface area contributed by atoms with Crippen LogP contribution in [0.3, 0.4) is 0 Å². The number of methoxy groups -OCH3 is 1. The molecule has 0 aliphatic carbocycles. The Labute approximate surface area is 107 Å². The lowest BCUT2D eigenvalue weighted by atomic mass is 10.1. The minimum atomic E-state index is 0.300. The molecule has 2 rings (SSSR count). The monoisotopic (exact) mass is 240 g/mol. The molecular weight excluding hydrogens is 224 g/mol. The van der Waals surface area contributed by atoms with Crippen LogP contribution in [0.2, 0.25) is 0 Å². The van der Waals surface area contributed by atoms with Crippen molar-refractivity contribution in [2.75, 3.05) is 7.11 Å². The van der Waals surface area contributed by atoms with Gasteiger partial charge in [0.15, 0.2) is 0 Å². The van der Waals surface area contributed by atoms with Crippen LogP contribution >= 0.6 is 0 Å². The van der Waals surface area contributed by atoms with Gasteiger partial charge in [-0.3, -0.25) is 0 Å². The van der Waals surface area contributed by atoms with E-state index in [9.17, 15) is 5.11 Å².